The zero-order valence-electron chi connectivity index (χ0n) is 13.0. The summed E-state index contributed by atoms with van der Waals surface area (Å²) in [5.41, 5.74) is 3.73. The number of hydrogen-bond acceptors (Lipinski definition) is 2. The Labute approximate surface area is 124 Å². The standard InChI is InChI=1S/C17H22N2O2/c1-10-5-8-14-13(9-10)15(11(2)6-7-12(3)20)16(19-14)17(21)18-4/h5,8-9,11,19H,6-7H2,1-4H3,(H,18,21)/t11-/m0/s1. The molecule has 2 N–H and O–H groups in total. The Morgan fingerprint density at radius 3 is 2.67 bits per heavy atom. The van der Waals surface area contributed by atoms with Gasteiger partial charge in [-0.15, -0.1) is 0 Å². The first-order valence-corrected chi connectivity index (χ1v) is 7.27. The average Bonchev–Trinajstić information content (AvgIpc) is 2.82. The maximum Gasteiger partial charge on any atom is 0.267 e. The molecule has 1 amide bonds. The van der Waals surface area contributed by atoms with Gasteiger partial charge in [-0.1, -0.05) is 18.6 Å². The van der Waals surface area contributed by atoms with Crippen molar-refractivity contribution >= 4 is 22.6 Å². The maximum atomic E-state index is 12.1. The highest BCUT2D eigenvalue weighted by atomic mass is 16.1. The molecule has 112 valence electrons. The van der Waals surface area contributed by atoms with Crippen molar-refractivity contribution in [3.63, 3.8) is 0 Å². The summed E-state index contributed by atoms with van der Waals surface area (Å²) in [5.74, 6) is 0.213. The third-order valence-corrected chi connectivity index (χ3v) is 3.87. The summed E-state index contributed by atoms with van der Waals surface area (Å²) in [5, 5.41) is 3.75. The lowest BCUT2D eigenvalue weighted by Gasteiger charge is -2.12. The number of aromatic nitrogens is 1. The number of ketones is 1. The number of Topliss-reactive ketones (excluding diaryl/α,β-unsaturated/α-hetero) is 1. The average molecular weight is 286 g/mol. The van der Waals surface area contributed by atoms with Crippen LogP contribution in [0.5, 0.6) is 0 Å². The molecule has 0 unspecified atom stereocenters. The van der Waals surface area contributed by atoms with E-state index in [4.69, 9.17) is 0 Å². The van der Waals surface area contributed by atoms with Crippen LogP contribution in [0.1, 0.15) is 54.2 Å². The summed E-state index contributed by atoms with van der Waals surface area (Å²) in [6.07, 6.45) is 1.28. The lowest BCUT2D eigenvalue weighted by atomic mass is 9.92. The molecule has 0 aliphatic heterocycles. The molecule has 1 heterocycles. The van der Waals surface area contributed by atoms with E-state index in [0.29, 0.717) is 12.1 Å². The van der Waals surface area contributed by atoms with Crippen molar-refractivity contribution in [2.75, 3.05) is 7.05 Å². The molecule has 2 rings (SSSR count). The van der Waals surface area contributed by atoms with Crippen molar-refractivity contribution in [1.82, 2.24) is 10.3 Å². The number of H-pyrrole nitrogens is 1. The van der Waals surface area contributed by atoms with Gasteiger partial charge in [0.25, 0.3) is 5.91 Å². The molecule has 0 radical (unpaired) electrons. The molecule has 0 fully saturated rings. The van der Waals surface area contributed by atoms with E-state index < -0.39 is 0 Å². The number of benzene rings is 1. The summed E-state index contributed by atoms with van der Waals surface area (Å²) in [7, 11) is 1.63. The van der Waals surface area contributed by atoms with E-state index in [-0.39, 0.29) is 17.6 Å². The zero-order chi connectivity index (χ0) is 15.6. The van der Waals surface area contributed by atoms with Crippen molar-refractivity contribution in [1.29, 1.82) is 0 Å². The first-order valence-electron chi connectivity index (χ1n) is 7.27. The molecule has 1 aromatic heterocycles. The topological polar surface area (TPSA) is 62.0 Å². The van der Waals surface area contributed by atoms with Gasteiger partial charge < -0.3 is 15.1 Å². The molecule has 0 spiro atoms. The fraction of sp³-hybridized carbons (Fsp3) is 0.412. The zero-order valence-corrected chi connectivity index (χ0v) is 13.0. The second kappa shape index (κ2) is 6.12. The van der Waals surface area contributed by atoms with Gasteiger partial charge in [0.1, 0.15) is 11.5 Å². The number of carbonyl (C=O) groups is 2. The van der Waals surface area contributed by atoms with E-state index in [1.165, 1.54) is 0 Å². The molecular formula is C17H22N2O2. The summed E-state index contributed by atoms with van der Waals surface area (Å²) in [6.45, 7) is 5.71. The van der Waals surface area contributed by atoms with Gasteiger partial charge in [0, 0.05) is 24.4 Å². The van der Waals surface area contributed by atoms with E-state index in [0.717, 1.165) is 28.5 Å². The van der Waals surface area contributed by atoms with E-state index in [9.17, 15) is 9.59 Å². The Kier molecular flexibility index (Phi) is 4.46. The van der Waals surface area contributed by atoms with Crippen LogP contribution in [0.25, 0.3) is 10.9 Å². The van der Waals surface area contributed by atoms with Crippen LogP contribution in [0.2, 0.25) is 0 Å². The van der Waals surface area contributed by atoms with Crippen molar-refractivity contribution < 1.29 is 9.59 Å². The number of aryl methyl sites for hydroxylation is 1. The monoisotopic (exact) mass is 286 g/mol. The van der Waals surface area contributed by atoms with E-state index in [2.05, 4.69) is 23.3 Å². The number of carbonyl (C=O) groups excluding carboxylic acids is 2. The van der Waals surface area contributed by atoms with Crippen LogP contribution in [0, 0.1) is 6.92 Å². The molecule has 0 saturated carbocycles. The Balaban J connectivity index is 2.53. The van der Waals surface area contributed by atoms with Gasteiger partial charge in [0.05, 0.1) is 0 Å². The lowest BCUT2D eigenvalue weighted by molar-refractivity contribution is -0.117. The quantitative estimate of drug-likeness (QED) is 0.885. The number of rotatable bonds is 5. The van der Waals surface area contributed by atoms with Crippen molar-refractivity contribution in [2.24, 2.45) is 0 Å². The van der Waals surface area contributed by atoms with Crippen LogP contribution in [-0.2, 0) is 4.79 Å². The molecular weight excluding hydrogens is 264 g/mol. The molecule has 0 bridgehead atoms. The molecule has 4 nitrogen and oxygen atoms in total. The minimum absolute atomic E-state index is 0.117. The van der Waals surface area contributed by atoms with Crippen LogP contribution in [0.3, 0.4) is 0 Å². The van der Waals surface area contributed by atoms with Crippen LogP contribution in [-0.4, -0.2) is 23.7 Å². The number of amides is 1. The Bertz CT molecular complexity index is 685. The van der Waals surface area contributed by atoms with Crippen LogP contribution >= 0.6 is 0 Å². The number of nitrogens with one attached hydrogen (secondary N) is 2. The molecule has 0 aliphatic rings. The minimum atomic E-state index is -0.117. The van der Waals surface area contributed by atoms with Crippen molar-refractivity contribution in [3.05, 3.63) is 35.0 Å². The normalized spacial score (nSPS) is 12.4. The van der Waals surface area contributed by atoms with Crippen LogP contribution in [0.15, 0.2) is 18.2 Å². The number of aromatic amines is 1. The SMILES string of the molecule is CNC(=O)c1[nH]c2ccc(C)cc2c1[C@@H](C)CCC(C)=O. The number of hydrogen-bond donors (Lipinski definition) is 2. The first kappa shape index (κ1) is 15.3. The van der Waals surface area contributed by atoms with Gasteiger partial charge in [-0.3, -0.25) is 4.79 Å². The van der Waals surface area contributed by atoms with Crippen molar-refractivity contribution in [3.8, 4) is 0 Å². The highest BCUT2D eigenvalue weighted by Crippen LogP contribution is 2.32. The largest absolute Gasteiger partial charge is 0.354 e. The maximum absolute atomic E-state index is 12.1. The molecule has 1 aromatic carbocycles. The Morgan fingerprint density at radius 1 is 1.33 bits per heavy atom. The second-order valence-corrected chi connectivity index (χ2v) is 5.68. The molecule has 4 heteroatoms. The Hall–Kier alpha value is -2.10. The molecule has 2 aromatic rings. The number of fused-ring (bicyclic) bond motifs is 1. The fourth-order valence-corrected chi connectivity index (χ4v) is 2.71. The summed E-state index contributed by atoms with van der Waals surface area (Å²) < 4.78 is 0. The Morgan fingerprint density at radius 2 is 2.05 bits per heavy atom. The molecule has 21 heavy (non-hydrogen) atoms. The van der Waals surface area contributed by atoms with E-state index in [1.807, 2.05) is 19.1 Å². The third-order valence-electron chi connectivity index (χ3n) is 3.87. The smallest absolute Gasteiger partial charge is 0.267 e. The van der Waals surface area contributed by atoms with Gasteiger partial charge in [-0.05, 0) is 43.9 Å². The van der Waals surface area contributed by atoms with Crippen LogP contribution in [0.4, 0.5) is 0 Å². The lowest BCUT2D eigenvalue weighted by Crippen LogP contribution is -2.20. The van der Waals surface area contributed by atoms with Gasteiger partial charge in [-0.25, -0.2) is 0 Å². The van der Waals surface area contributed by atoms with Crippen LogP contribution < -0.4 is 5.32 Å². The van der Waals surface area contributed by atoms with Gasteiger partial charge in [-0.2, -0.15) is 0 Å². The highest BCUT2D eigenvalue weighted by molar-refractivity contribution is 6.01. The highest BCUT2D eigenvalue weighted by Gasteiger charge is 2.21. The molecule has 1 atom stereocenters. The summed E-state index contributed by atoms with van der Waals surface area (Å²) >= 11 is 0. The predicted octanol–water partition coefficient (Wildman–Crippen LogP) is 3.31. The first-order chi connectivity index (χ1) is 9.93. The van der Waals surface area contributed by atoms with Gasteiger partial charge >= 0.3 is 0 Å². The van der Waals surface area contributed by atoms with Gasteiger partial charge in [0.15, 0.2) is 0 Å². The van der Waals surface area contributed by atoms with E-state index >= 15 is 0 Å². The summed E-state index contributed by atoms with van der Waals surface area (Å²) in [4.78, 5) is 26.6. The second-order valence-electron chi connectivity index (χ2n) is 5.68. The van der Waals surface area contributed by atoms with Crippen molar-refractivity contribution in [2.45, 2.75) is 39.5 Å². The minimum Gasteiger partial charge on any atom is -0.354 e. The van der Waals surface area contributed by atoms with Gasteiger partial charge in [0.2, 0.25) is 0 Å². The van der Waals surface area contributed by atoms with E-state index in [1.54, 1.807) is 14.0 Å². The summed E-state index contributed by atoms with van der Waals surface area (Å²) in [6, 6.07) is 6.12. The molecule has 0 saturated heterocycles. The fourth-order valence-electron chi connectivity index (χ4n) is 2.71. The molecule has 0 aliphatic carbocycles. The predicted molar refractivity (Wildman–Crippen MR) is 84.8 cm³/mol. The third kappa shape index (κ3) is 3.15.